The third-order valence-corrected chi connectivity index (χ3v) is 0.680. The maximum absolute atomic E-state index is 8.23. The molecule has 0 heterocycles. The van der Waals surface area contributed by atoms with E-state index in [0.717, 1.165) is 0 Å². The second kappa shape index (κ2) is 4.07. The van der Waals surface area contributed by atoms with Gasteiger partial charge in [-0.25, -0.2) is 0 Å². The molecule has 0 spiro atoms. The molecular weight excluding hydrogens is 100 g/mol. The van der Waals surface area contributed by atoms with E-state index in [1.54, 1.807) is 19.2 Å². The van der Waals surface area contributed by atoms with Crippen LogP contribution in [0.3, 0.4) is 0 Å². The molecule has 2 heteroatoms. The molecular formula is C6H8N2. The van der Waals surface area contributed by atoms with Crippen molar-refractivity contribution in [3.05, 3.63) is 12.2 Å². The minimum atomic E-state index is 0.465. The Morgan fingerprint density at radius 1 is 1.75 bits per heavy atom. The van der Waals surface area contributed by atoms with Crippen molar-refractivity contribution < 1.29 is 0 Å². The molecule has 42 valence electrons. The molecule has 0 aromatic rings. The average molecular weight is 108 g/mol. The molecule has 0 aliphatic rings. The lowest BCUT2D eigenvalue weighted by Gasteiger charge is -1.77. The zero-order valence-electron chi connectivity index (χ0n) is 5.05. The molecule has 0 amide bonds. The van der Waals surface area contributed by atoms with Gasteiger partial charge in [-0.15, -0.1) is 0 Å². The Morgan fingerprint density at radius 2 is 2.38 bits per heavy atom. The summed E-state index contributed by atoms with van der Waals surface area (Å²) in [5, 5.41) is 8.23. The second-order valence-corrected chi connectivity index (χ2v) is 1.22. The maximum Gasteiger partial charge on any atom is 0.134 e. The van der Waals surface area contributed by atoms with Crippen LogP contribution < -0.4 is 0 Å². The molecule has 0 saturated carbocycles. The van der Waals surface area contributed by atoms with Crippen LogP contribution in [0.2, 0.25) is 0 Å². The summed E-state index contributed by atoms with van der Waals surface area (Å²) in [6.45, 7) is 1.85. The monoisotopic (exact) mass is 108 g/mol. The highest BCUT2D eigenvalue weighted by atomic mass is 14.7. The first-order chi connectivity index (χ1) is 3.85. The van der Waals surface area contributed by atoms with Crippen molar-refractivity contribution in [2.75, 3.05) is 7.05 Å². The van der Waals surface area contributed by atoms with Gasteiger partial charge in [0.25, 0.3) is 0 Å². The summed E-state index contributed by atoms with van der Waals surface area (Å²) >= 11 is 0. The van der Waals surface area contributed by atoms with E-state index < -0.39 is 0 Å². The van der Waals surface area contributed by atoms with Crippen LogP contribution in [-0.2, 0) is 0 Å². The first-order valence-corrected chi connectivity index (χ1v) is 2.34. The van der Waals surface area contributed by atoms with E-state index >= 15 is 0 Å². The molecule has 0 unspecified atom stereocenters. The van der Waals surface area contributed by atoms with Crippen molar-refractivity contribution in [3.8, 4) is 6.07 Å². The molecule has 0 bridgehead atoms. The van der Waals surface area contributed by atoms with E-state index in [9.17, 15) is 0 Å². The lowest BCUT2D eigenvalue weighted by atomic mass is 10.4. The van der Waals surface area contributed by atoms with Gasteiger partial charge in [0, 0.05) is 7.05 Å². The smallest absolute Gasteiger partial charge is 0.134 e. The molecule has 0 aliphatic carbocycles. The van der Waals surface area contributed by atoms with Crippen LogP contribution in [0.1, 0.15) is 6.92 Å². The maximum atomic E-state index is 8.23. The van der Waals surface area contributed by atoms with Crippen molar-refractivity contribution in [1.29, 1.82) is 5.26 Å². The number of hydrogen-bond donors (Lipinski definition) is 0. The van der Waals surface area contributed by atoms with Gasteiger partial charge in [-0.05, 0) is 13.0 Å². The minimum Gasteiger partial charge on any atom is -0.278 e. The molecule has 0 rings (SSSR count). The van der Waals surface area contributed by atoms with Crippen LogP contribution in [0, 0.1) is 11.3 Å². The summed E-state index contributed by atoms with van der Waals surface area (Å²) in [5.41, 5.74) is 0.465. The lowest BCUT2D eigenvalue weighted by Crippen LogP contribution is -1.84. The molecule has 8 heavy (non-hydrogen) atoms. The standard InChI is InChI=1S/C6H8N2/c1-3-4-6(5-7)8-2/h3-4H,1-2H3. The zero-order chi connectivity index (χ0) is 6.41. The number of rotatable bonds is 1. The number of allylic oxidation sites excluding steroid dienone is 2. The predicted molar refractivity (Wildman–Crippen MR) is 33.8 cm³/mol. The SMILES string of the molecule is CC=CC(C#N)=NC. The van der Waals surface area contributed by atoms with Crippen molar-refractivity contribution in [3.63, 3.8) is 0 Å². The van der Waals surface area contributed by atoms with Gasteiger partial charge < -0.3 is 0 Å². The minimum absolute atomic E-state index is 0.465. The molecule has 0 aliphatic heterocycles. The van der Waals surface area contributed by atoms with Crippen LogP contribution in [0.4, 0.5) is 0 Å². The van der Waals surface area contributed by atoms with Gasteiger partial charge in [0.1, 0.15) is 11.8 Å². The highest BCUT2D eigenvalue weighted by molar-refractivity contribution is 6.06. The van der Waals surface area contributed by atoms with E-state index in [0.29, 0.717) is 5.71 Å². The topological polar surface area (TPSA) is 36.1 Å². The Bertz CT molecular complexity index is 148. The fourth-order valence-electron chi connectivity index (χ4n) is 0.320. The van der Waals surface area contributed by atoms with Gasteiger partial charge in [-0.3, -0.25) is 4.99 Å². The van der Waals surface area contributed by atoms with E-state index in [1.165, 1.54) is 0 Å². The Labute approximate surface area is 49.2 Å². The van der Waals surface area contributed by atoms with E-state index in [2.05, 4.69) is 4.99 Å². The molecule has 0 N–H and O–H groups in total. The molecule has 0 aromatic carbocycles. The number of aliphatic imine (C=N–C) groups is 1. The van der Waals surface area contributed by atoms with Gasteiger partial charge in [0.2, 0.25) is 0 Å². The van der Waals surface area contributed by atoms with Gasteiger partial charge in [-0.2, -0.15) is 5.26 Å². The highest BCUT2D eigenvalue weighted by Gasteiger charge is 1.81. The summed E-state index contributed by atoms with van der Waals surface area (Å²) in [6, 6.07) is 1.92. The first kappa shape index (κ1) is 6.90. The van der Waals surface area contributed by atoms with Crippen LogP contribution >= 0.6 is 0 Å². The van der Waals surface area contributed by atoms with E-state index in [4.69, 9.17) is 5.26 Å². The number of nitriles is 1. The molecule has 2 nitrogen and oxygen atoms in total. The molecule has 0 aromatic heterocycles. The largest absolute Gasteiger partial charge is 0.278 e. The van der Waals surface area contributed by atoms with Crippen molar-refractivity contribution >= 4 is 5.71 Å². The zero-order valence-corrected chi connectivity index (χ0v) is 5.05. The average Bonchev–Trinajstić information content (AvgIpc) is 1.83. The van der Waals surface area contributed by atoms with Crippen molar-refractivity contribution in [2.24, 2.45) is 4.99 Å². The van der Waals surface area contributed by atoms with Gasteiger partial charge in [0.05, 0.1) is 0 Å². The van der Waals surface area contributed by atoms with Crippen LogP contribution in [0.5, 0.6) is 0 Å². The van der Waals surface area contributed by atoms with Crippen LogP contribution in [0.25, 0.3) is 0 Å². The van der Waals surface area contributed by atoms with Crippen molar-refractivity contribution in [1.82, 2.24) is 0 Å². The number of hydrogen-bond acceptors (Lipinski definition) is 2. The highest BCUT2D eigenvalue weighted by Crippen LogP contribution is 1.76. The summed E-state index contributed by atoms with van der Waals surface area (Å²) < 4.78 is 0. The molecule has 0 saturated heterocycles. The van der Waals surface area contributed by atoms with E-state index in [1.807, 2.05) is 13.0 Å². The van der Waals surface area contributed by atoms with Crippen molar-refractivity contribution in [2.45, 2.75) is 6.92 Å². The van der Waals surface area contributed by atoms with Crippen LogP contribution in [-0.4, -0.2) is 12.8 Å². The third-order valence-electron chi connectivity index (χ3n) is 0.680. The first-order valence-electron chi connectivity index (χ1n) is 2.34. The van der Waals surface area contributed by atoms with Gasteiger partial charge in [-0.1, -0.05) is 6.08 Å². The Balaban J connectivity index is 3.98. The Kier molecular flexibility index (Phi) is 3.51. The number of nitrogens with zero attached hydrogens (tertiary/aromatic N) is 2. The third kappa shape index (κ3) is 2.14. The Morgan fingerprint density at radius 3 is 2.50 bits per heavy atom. The van der Waals surface area contributed by atoms with Crippen LogP contribution in [0.15, 0.2) is 17.1 Å². The fraction of sp³-hybridized carbons (Fsp3) is 0.333. The van der Waals surface area contributed by atoms with Gasteiger partial charge in [0.15, 0.2) is 0 Å². The second-order valence-electron chi connectivity index (χ2n) is 1.22. The van der Waals surface area contributed by atoms with Gasteiger partial charge >= 0.3 is 0 Å². The fourth-order valence-corrected chi connectivity index (χ4v) is 0.320. The summed E-state index contributed by atoms with van der Waals surface area (Å²) in [5.74, 6) is 0. The summed E-state index contributed by atoms with van der Waals surface area (Å²) in [7, 11) is 1.60. The predicted octanol–water partition coefficient (Wildman–Crippen LogP) is 1.16. The normalized spacial score (nSPS) is 11.9. The summed E-state index contributed by atoms with van der Waals surface area (Å²) in [4.78, 5) is 3.66. The molecule has 0 atom stereocenters. The lowest BCUT2D eigenvalue weighted by molar-refractivity contribution is 1.44. The van der Waals surface area contributed by atoms with E-state index in [-0.39, 0.29) is 0 Å². The Hall–Kier alpha value is -1.10. The quantitative estimate of drug-likeness (QED) is 0.464. The molecule has 0 fully saturated rings. The molecule has 0 radical (unpaired) electrons. The summed E-state index contributed by atoms with van der Waals surface area (Å²) in [6.07, 6.45) is 3.45.